The SMILES string of the molecule is COc1ccc(Oc2c(C(F)(F)F)oc3cc(OC(=O)c4cccc(Cl)c4)ccc3c2=O)cc1. The number of ether oxygens (including phenoxy) is 3. The number of hydrogen-bond acceptors (Lipinski definition) is 6. The lowest BCUT2D eigenvalue weighted by Gasteiger charge is -2.14. The van der Waals surface area contributed by atoms with Gasteiger partial charge in [0.25, 0.3) is 5.76 Å². The van der Waals surface area contributed by atoms with E-state index in [1.165, 1.54) is 61.7 Å². The highest BCUT2D eigenvalue weighted by atomic mass is 35.5. The first-order chi connectivity index (χ1) is 16.2. The maximum absolute atomic E-state index is 13.7. The molecule has 10 heteroatoms. The molecule has 0 atom stereocenters. The molecule has 0 aliphatic heterocycles. The van der Waals surface area contributed by atoms with Gasteiger partial charge in [-0.25, -0.2) is 4.79 Å². The quantitative estimate of drug-likeness (QED) is 0.235. The number of benzene rings is 3. The van der Waals surface area contributed by atoms with Crippen LogP contribution in [0, 0.1) is 0 Å². The number of methoxy groups -OCH3 is 1. The van der Waals surface area contributed by atoms with Gasteiger partial charge < -0.3 is 18.6 Å². The van der Waals surface area contributed by atoms with Gasteiger partial charge in [0.15, 0.2) is 0 Å². The van der Waals surface area contributed by atoms with Gasteiger partial charge in [0, 0.05) is 11.1 Å². The van der Waals surface area contributed by atoms with Crippen molar-refractivity contribution in [2.45, 2.75) is 6.18 Å². The molecule has 4 aromatic rings. The number of rotatable bonds is 5. The van der Waals surface area contributed by atoms with Crippen molar-refractivity contribution in [1.29, 1.82) is 0 Å². The molecule has 0 saturated carbocycles. The van der Waals surface area contributed by atoms with Crippen molar-refractivity contribution in [2.24, 2.45) is 0 Å². The van der Waals surface area contributed by atoms with Gasteiger partial charge in [-0.05, 0) is 54.6 Å². The molecule has 3 aromatic carbocycles. The third-order valence-electron chi connectivity index (χ3n) is 4.63. The van der Waals surface area contributed by atoms with Gasteiger partial charge in [0.1, 0.15) is 22.8 Å². The van der Waals surface area contributed by atoms with Crippen molar-refractivity contribution in [3.05, 3.63) is 93.3 Å². The molecule has 0 amide bonds. The molecule has 1 aromatic heterocycles. The zero-order valence-corrected chi connectivity index (χ0v) is 18.1. The summed E-state index contributed by atoms with van der Waals surface area (Å²) in [6, 6.07) is 15.0. The molecule has 174 valence electrons. The summed E-state index contributed by atoms with van der Waals surface area (Å²) in [5.74, 6) is -3.14. The number of fused-ring (bicyclic) bond motifs is 1. The molecular weight excluding hydrogens is 477 g/mol. The van der Waals surface area contributed by atoms with Crippen LogP contribution in [0.2, 0.25) is 5.02 Å². The van der Waals surface area contributed by atoms with Crippen LogP contribution in [0.25, 0.3) is 11.0 Å². The third kappa shape index (κ3) is 4.84. The Morgan fingerprint density at radius 2 is 1.62 bits per heavy atom. The summed E-state index contributed by atoms with van der Waals surface area (Å²) in [6.07, 6.45) is -5.04. The lowest BCUT2D eigenvalue weighted by atomic mass is 10.2. The van der Waals surface area contributed by atoms with E-state index in [-0.39, 0.29) is 22.4 Å². The Kier molecular flexibility index (Phi) is 6.21. The maximum atomic E-state index is 13.7. The number of halogens is 4. The molecule has 0 unspecified atom stereocenters. The van der Waals surface area contributed by atoms with E-state index < -0.39 is 34.7 Å². The van der Waals surface area contributed by atoms with Crippen molar-refractivity contribution in [3.63, 3.8) is 0 Å². The Morgan fingerprint density at radius 1 is 0.941 bits per heavy atom. The second-order valence-electron chi connectivity index (χ2n) is 6.92. The Hall–Kier alpha value is -3.98. The lowest BCUT2D eigenvalue weighted by Crippen LogP contribution is -2.15. The van der Waals surface area contributed by atoms with Crippen LogP contribution in [0.1, 0.15) is 16.1 Å². The number of carbonyl (C=O) groups excluding carboxylic acids is 1. The Bertz CT molecular complexity index is 1430. The fourth-order valence-corrected chi connectivity index (χ4v) is 3.23. The Labute approximate surface area is 195 Å². The minimum atomic E-state index is -5.04. The Morgan fingerprint density at radius 3 is 2.26 bits per heavy atom. The minimum absolute atomic E-state index is 0.0231. The van der Waals surface area contributed by atoms with E-state index >= 15 is 0 Å². The van der Waals surface area contributed by atoms with E-state index in [0.717, 1.165) is 6.07 Å². The second-order valence-corrected chi connectivity index (χ2v) is 7.36. The first-order valence-electron chi connectivity index (χ1n) is 9.63. The van der Waals surface area contributed by atoms with Gasteiger partial charge in [-0.2, -0.15) is 13.2 Å². The van der Waals surface area contributed by atoms with Gasteiger partial charge in [0.2, 0.25) is 11.2 Å². The number of esters is 1. The molecule has 6 nitrogen and oxygen atoms in total. The van der Waals surface area contributed by atoms with Gasteiger partial charge in [0.05, 0.1) is 18.1 Å². The van der Waals surface area contributed by atoms with E-state index in [1.54, 1.807) is 6.07 Å². The summed E-state index contributed by atoms with van der Waals surface area (Å²) >= 11 is 5.85. The average Bonchev–Trinajstić information content (AvgIpc) is 2.80. The standard InChI is InChI=1S/C24H14ClF3O6/c1-31-15-5-7-16(8-6-15)32-21-20(29)18-10-9-17(12-19(18)34-22(21)24(26,27)28)33-23(30)13-3-2-4-14(25)11-13/h2-12H,1H3. The molecule has 1 heterocycles. The van der Waals surface area contributed by atoms with Crippen LogP contribution in [0.4, 0.5) is 13.2 Å². The first-order valence-corrected chi connectivity index (χ1v) is 10.0. The number of carbonyl (C=O) groups is 1. The Balaban J connectivity index is 1.73. The molecule has 0 spiro atoms. The van der Waals surface area contributed by atoms with Crippen molar-refractivity contribution in [2.75, 3.05) is 7.11 Å². The van der Waals surface area contributed by atoms with E-state index in [1.807, 2.05) is 0 Å². The molecule has 0 aliphatic carbocycles. The van der Waals surface area contributed by atoms with Crippen LogP contribution in [0.3, 0.4) is 0 Å². The highest BCUT2D eigenvalue weighted by molar-refractivity contribution is 6.30. The van der Waals surface area contributed by atoms with E-state index in [0.29, 0.717) is 10.8 Å². The second kappa shape index (κ2) is 9.11. The number of alkyl halides is 3. The zero-order valence-electron chi connectivity index (χ0n) is 17.3. The third-order valence-corrected chi connectivity index (χ3v) is 4.86. The van der Waals surface area contributed by atoms with Gasteiger partial charge in [-0.1, -0.05) is 17.7 Å². The predicted octanol–water partition coefficient (Wildman–Crippen LogP) is 6.49. The summed E-state index contributed by atoms with van der Waals surface area (Å²) in [4.78, 5) is 25.2. The lowest BCUT2D eigenvalue weighted by molar-refractivity contribution is -0.154. The van der Waals surface area contributed by atoms with E-state index in [2.05, 4.69) is 0 Å². The molecule has 34 heavy (non-hydrogen) atoms. The maximum Gasteiger partial charge on any atom is 0.453 e. The van der Waals surface area contributed by atoms with Crippen LogP contribution in [-0.4, -0.2) is 13.1 Å². The molecule has 0 N–H and O–H groups in total. The van der Waals surface area contributed by atoms with Crippen molar-refractivity contribution in [1.82, 2.24) is 0 Å². The number of hydrogen-bond donors (Lipinski definition) is 0. The van der Waals surface area contributed by atoms with Crippen molar-refractivity contribution in [3.8, 4) is 23.0 Å². The molecule has 0 fully saturated rings. The molecule has 0 bridgehead atoms. The van der Waals surface area contributed by atoms with Crippen LogP contribution < -0.4 is 19.6 Å². The monoisotopic (exact) mass is 490 g/mol. The van der Waals surface area contributed by atoms with Gasteiger partial charge in [-0.15, -0.1) is 0 Å². The highest BCUT2D eigenvalue weighted by Gasteiger charge is 2.40. The molecule has 0 saturated heterocycles. The highest BCUT2D eigenvalue weighted by Crippen LogP contribution is 2.39. The summed E-state index contributed by atoms with van der Waals surface area (Å²) < 4.78 is 61.6. The smallest absolute Gasteiger partial charge is 0.453 e. The summed E-state index contributed by atoms with van der Waals surface area (Å²) in [5.41, 5.74) is -1.35. The van der Waals surface area contributed by atoms with Gasteiger partial charge >= 0.3 is 12.1 Å². The summed E-state index contributed by atoms with van der Waals surface area (Å²) in [5, 5.41) is 0.109. The molecule has 0 radical (unpaired) electrons. The van der Waals surface area contributed by atoms with Gasteiger partial charge in [-0.3, -0.25) is 4.79 Å². The topological polar surface area (TPSA) is 75.0 Å². The fourth-order valence-electron chi connectivity index (χ4n) is 3.04. The van der Waals surface area contributed by atoms with Crippen LogP contribution in [0.5, 0.6) is 23.0 Å². The van der Waals surface area contributed by atoms with Crippen molar-refractivity contribution < 1.29 is 36.6 Å². The summed E-state index contributed by atoms with van der Waals surface area (Å²) in [6.45, 7) is 0. The van der Waals surface area contributed by atoms with Crippen LogP contribution in [-0.2, 0) is 6.18 Å². The fraction of sp³-hybridized carbons (Fsp3) is 0.0833. The van der Waals surface area contributed by atoms with Crippen LogP contribution in [0.15, 0.2) is 75.9 Å². The molecule has 0 aliphatic rings. The zero-order chi connectivity index (χ0) is 24.5. The van der Waals surface area contributed by atoms with E-state index in [4.69, 9.17) is 30.2 Å². The summed E-state index contributed by atoms with van der Waals surface area (Å²) in [7, 11) is 1.43. The average molecular weight is 491 g/mol. The van der Waals surface area contributed by atoms with E-state index in [9.17, 15) is 22.8 Å². The largest absolute Gasteiger partial charge is 0.497 e. The normalized spacial score (nSPS) is 11.3. The molecule has 4 rings (SSSR count). The molecular formula is C24H14ClF3O6. The van der Waals surface area contributed by atoms with Crippen molar-refractivity contribution >= 4 is 28.5 Å². The van der Waals surface area contributed by atoms with Crippen LogP contribution >= 0.6 is 11.6 Å². The first kappa shape index (κ1) is 23.2. The predicted molar refractivity (Wildman–Crippen MR) is 117 cm³/mol. The minimum Gasteiger partial charge on any atom is -0.497 e.